The number of carboxylic acid groups (broad SMARTS) is 1. The SMILES string of the molecule is CCCC1(C(=O)O)CCCN1C(=O)NCC1(OC)CCC1. The largest absolute Gasteiger partial charge is 0.479 e. The zero-order chi connectivity index (χ0) is 15.5. The number of ether oxygens (including phenoxy) is 1. The Morgan fingerprint density at radius 2 is 2.00 bits per heavy atom. The monoisotopic (exact) mass is 298 g/mol. The third-order valence-electron chi connectivity index (χ3n) is 5.06. The molecule has 0 radical (unpaired) electrons. The van der Waals surface area contributed by atoms with E-state index in [2.05, 4.69) is 5.32 Å². The molecule has 1 saturated carbocycles. The molecule has 6 heteroatoms. The number of likely N-dealkylation sites (tertiary alicyclic amines) is 1. The molecule has 0 aromatic carbocycles. The maximum Gasteiger partial charge on any atom is 0.329 e. The molecule has 0 bridgehead atoms. The number of rotatable bonds is 6. The number of methoxy groups -OCH3 is 1. The number of amides is 2. The fraction of sp³-hybridized carbons (Fsp3) is 0.867. The van der Waals surface area contributed by atoms with Crippen molar-refractivity contribution >= 4 is 12.0 Å². The lowest BCUT2D eigenvalue weighted by molar-refractivity contribution is -0.148. The zero-order valence-corrected chi connectivity index (χ0v) is 13.0. The molecule has 120 valence electrons. The molecule has 21 heavy (non-hydrogen) atoms. The second-order valence-electron chi connectivity index (χ2n) is 6.24. The molecule has 2 aliphatic rings. The molecule has 2 fully saturated rings. The van der Waals surface area contributed by atoms with Gasteiger partial charge in [-0.1, -0.05) is 13.3 Å². The number of urea groups is 1. The van der Waals surface area contributed by atoms with Crippen LogP contribution in [0.5, 0.6) is 0 Å². The van der Waals surface area contributed by atoms with Gasteiger partial charge in [-0.2, -0.15) is 0 Å². The van der Waals surface area contributed by atoms with Gasteiger partial charge in [0.1, 0.15) is 5.54 Å². The zero-order valence-electron chi connectivity index (χ0n) is 13.0. The van der Waals surface area contributed by atoms with Crippen LogP contribution in [0.4, 0.5) is 4.79 Å². The minimum Gasteiger partial charge on any atom is -0.479 e. The molecule has 1 heterocycles. The van der Waals surface area contributed by atoms with Crippen LogP contribution in [0.25, 0.3) is 0 Å². The molecule has 2 rings (SSSR count). The Balaban J connectivity index is 2.01. The topological polar surface area (TPSA) is 78.9 Å². The van der Waals surface area contributed by atoms with Gasteiger partial charge in [0.15, 0.2) is 0 Å². The molecule has 2 amide bonds. The van der Waals surface area contributed by atoms with Crippen LogP contribution in [0.15, 0.2) is 0 Å². The lowest BCUT2D eigenvalue weighted by Gasteiger charge is -2.41. The normalized spacial score (nSPS) is 27.2. The Labute approximate surface area is 125 Å². The van der Waals surface area contributed by atoms with Gasteiger partial charge in [-0.05, 0) is 38.5 Å². The van der Waals surface area contributed by atoms with Crippen LogP contribution < -0.4 is 5.32 Å². The number of hydrogen-bond donors (Lipinski definition) is 2. The third-order valence-corrected chi connectivity index (χ3v) is 5.06. The van der Waals surface area contributed by atoms with Crippen LogP contribution in [0.3, 0.4) is 0 Å². The molecule has 1 saturated heterocycles. The first-order valence-electron chi connectivity index (χ1n) is 7.84. The summed E-state index contributed by atoms with van der Waals surface area (Å²) >= 11 is 0. The molecule has 2 N–H and O–H groups in total. The van der Waals surface area contributed by atoms with E-state index in [-0.39, 0.29) is 11.6 Å². The molecule has 6 nitrogen and oxygen atoms in total. The summed E-state index contributed by atoms with van der Waals surface area (Å²) in [5.74, 6) is -0.887. The van der Waals surface area contributed by atoms with Crippen molar-refractivity contribution < 1.29 is 19.4 Å². The van der Waals surface area contributed by atoms with E-state index < -0.39 is 11.5 Å². The average molecular weight is 298 g/mol. The molecule has 0 spiro atoms. The molecule has 0 aromatic heterocycles. The maximum atomic E-state index is 12.4. The van der Waals surface area contributed by atoms with E-state index in [9.17, 15) is 14.7 Å². The summed E-state index contributed by atoms with van der Waals surface area (Å²) in [5, 5.41) is 12.5. The fourth-order valence-electron chi connectivity index (χ4n) is 3.53. The summed E-state index contributed by atoms with van der Waals surface area (Å²) in [4.78, 5) is 25.7. The predicted octanol–water partition coefficient (Wildman–Crippen LogP) is 1.98. The van der Waals surface area contributed by atoms with Gasteiger partial charge in [-0.3, -0.25) is 0 Å². The van der Waals surface area contributed by atoms with E-state index >= 15 is 0 Å². The van der Waals surface area contributed by atoms with Crippen LogP contribution in [0, 0.1) is 0 Å². The Kier molecular flexibility index (Phi) is 4.76. The van der Waals surface area contributed by atoms with Crippen molar-refractivity contribution in [1.82, 2.24) is 10.2 Å². The van der Waals surface area contributed by atoms with E-state index in [1.807, 2.05) is 6.92 Å². The number of hydrogen-bond acceptors (Lipinski definition) is 3. The predicted molar refractivity (Wildman–Crippen MR) is 78.2 cm³/mol. The number of aliphatic carboxylic acids is 1. The summed E-state index contributed by atoms with van der Waals surface area (Å²) in [6.45, 7) is 2.92. The first-order valence-corrected chi connectivity index (χ1v) is 7.84. The van der Waals surface area contributed by atoms with Crippen molar-refractivity contribution in [1.29, 1.82) is 0 Å². The quantitative estimate of drug-likeness (QED) is 0.786. The molecule has 0 aromatic rings. The van der Waals surface area contributed by atoms with Crippen molar-refractivity contribution in [2.45, 2.75) is 63.0 Å². The van der Waals surface area contributed by atoms with Crippen molar-refractivity contribution in [2.75, 3.05) is 20.2 Å². The van der Waals surface area contributed by atoms with Gasteiger partial charge < -0.3 is 20.1 Å². The van der Waals surface area contributed by atoms with Gasteiger partial charge in [-0.25, -0.2) is 9.59 Å². The molecular weight excluding hydrogens is 272 g/mol. The molecular formula is C15H26N2O4. The lowest BCUT2D eigenvalue weighted by atomic mass is 9.80. The number of carbonyl (C=O) groups excluding carboxylic acids is 1. The van der Waals surface area contributed by atoms with Gasteiger partial charge in [0.05, 0.1) is 5.60 Å². The number of nitrogens with one attached hydrogen (secondary N) is 1. The van der Waals surface area contributed by atoms with Crippen molar-refractivity contribution in [2.24, 2.45) is 0 Å². The Bertz CT molecular complexity index is 403. The van der Waals surface area contributed by atoms with E-state index in [1.54, 1.807) is 7.11 Å². The van der Waals surface area contributed by atoms with Crippen molar-refractivity contribution in [3.63, 3.8) is 0 Å². The highest BCUT2D eigenvalue weighted by Crippen LogP contribution is 2.36. The summed E-state index contributed by atoms with van der Waals surface area (Å²) in [6, 6.07) is -0.272. The highest BCUT2D eigenvalue weighted by atomic mass is 16.5. The first-order chi connectivity index (χ1) is 9.99. The van der Waals surface area contributed by atoms with Crippen LogP contribution in [0.2, 0.25) is 0 Å². The third kappa shape index (κ3) is 2.86. The first kappa shape index (κ1) is 16.1. The molecule has 1 unspecified atom stereocenters. The van der Waals surface area contributed by atoms with Crippen molar-refractivity contribution in [3.8, 4) is 0 Å². The Morgan fingerprint density at radius 3 is 2.48 bits per heavy atom. The summed E-state index contributed by atoms with van der Waals surface area (Å²) in [5.41, 5.74) is -1.27. The fourth-order valence-corrected chi connectivity index (χ4v) is 3.53. The maximum absolute atomic E-state index is 12.4. The van der Waals surface area contributed by atoms with Gasteiger partial charge in [0, 0.05) is 20.2 Å². The summed E-state index contributed by atoms with van der Waals surface area (Å²) in [7, 11) is 1.67. The number of nitrogens with zero attached hydrogens (tertiary/aromatic N) is 1. The lowest BCUT2D eigenvalue weighted by Crippen LogP contribution is -2.58. The van der Waals surface area contributed by atoms with Crippen LogP contribution >= 0.6 is 0 Å². The standard InChI is InChI=1S/C15H26N2O4/c1-3-6-15(12(18)19)9-5-10-17(15)13(20)16-11-14(21-2)7-4-8-14/h3-11H2,1-2H3,(H,16,20)(H,18,19). The second-order valence-corrected chi connectivity index (χ2v) is 6.24. The Hall–Kier alpha value is -1.30. The highest BCUT2D eigenvalue weighted by molar-refractivity contribution is 5.87. The second kappa shape index (κ2) is 6.22. The number of carbonyl (C=O) groups is 2. The Morgan fingerprint density at radius 1 is 1.29 bits per heavy atom. The van der Waals surface area contributed by atoms with Gasteiger partial charge in [-0.15, -0.1) is 0 Å². The smallest absolute Gasteiger partial charge is 0.329 e. The van der Waals surface area contributed by atoms with Gasteiger partial charge in [0.25, 0.3) is 0 Å². The van der Waals surface area contributed by atoms with Crippen LogP contribution in [-0.2, 0) is 9.53 Å². The van der Waals surface area contributed by atoms with E-state index in [0.717, 1.165) is 32.1 Å². The summed E-state index contributed by atoms with van der Waals surface area (Å²) in [6.07, 6.45) is 5.55. The highest BCUT2D eigenvalue weighted by Gasteiger charge is 2.49. The van der Waals surface area contributed by atoms with Crippen LogP contribution in [-0.4, -0.2) is 53.3 Å². The molecule has 1 atom stereocenters. The summed E-state index contributed by atoms with van der Waals surface area (Å²) < 4.78 is 5.48. The van der Waals surface area contributed by atoms with Crippen molar-refractivity contribution in [3.05, 3.63) is 0 Å². The van der Waals surface area contributed by atoms with Crippen LogP contribution in [0.1, 0.15) is 51.9 Å². The van der Waals surface area contributed by atoms with Gasteiger partial charge >= 0.3 is 12.0 Å². The molecule has 1 aliphatic carbocycles. The van der Waals surface area contributed by atoms with Gasteiger partial charge in [0.2, 0.25) is 0 Å². The average Bonchev–Trinajstić information content (AvgIpc) is 2.83. The van der Waals surface area contributed by atoms with E-state index in [1.165, 1.54) is 4.90 Å². The van der Waals surface area contributed by atoms with E-state index in [0.29, 0.717) is 25.9 Å². The minimum atomic E-state index is -1.03. The minimum absolute atomic E-state index is 0.244. The number of carboxylic acids is 1. The van der Waals surface area contributed by atoms with E-state index in [4.69, 9.17) is 4.74 Å². The molecule has 1 aliphatic heterocycles.